The minimum atomic E-state index is -3.55. The summed E-state index contributed by atoms with van der Waals surface area (Å²) in [6.45, 7) is 6.06. The molecule has 1 aliphatic rings. The second kappa shape index (κ2) is 10.8. The van der Waals surface area contributed by atoms with Gasteiger partial charge in [-0.1, -0.05) is 38.8 Å². The summed E-state index contributed by atoms with van der Waals surface area (Å²) in [7, 11) is -3.55. The Bertz CT molecular complexity index is 711. The molecule has 1 fully saturated rings. The van der Waals surface area contributed by atoms with E-state index in [1.165, 1.54) is 0 Å². The molecule has 0 spiro atoms. The number of amides is 1. The Morgan fingerprint density at radius 3 is 2.54 bits per heavy atom. The third-order valence-corrected chi connectivity index (χ3v) is 5.55. The first kappa shape index (κ1) is 22.7. The Balaban J connectivity index is 2.10. The lowest BCUT2D eigenvalue weighted by molar-refractivity contribution is -0.138. The summed E-state index contributed by atoms with van der Waals surface area (Å²) < 4.78 is 33.2. The number of hydrogen-bond acceptors (Lipinski definition) is 5. The lowest BCUT2D eigenvalue weighted by Crippen LogP contribution is -2.40. The third-order valence-electron chi connectivity index (χ3n) is 5.05. The average Bonchev–Trinajstić information content (AvgIpc) is 3.15. The van der Waals surface area contributed by atoms with Crippen LogP contribution in [0.5, 0.6) is 5.75 Å². The van der Waals surface area contributed by atoms with E-state index in [0.29, 0.717) is 13.1 Å². The van der Waals surface area contributed by atoms with Crippen molar-refractivity contribution >= 4 is 16.0 Å². The van der Waals surface area contributed by atoms with E-state index in [1.54, 1.807) is 12.1 Å². The first-order valence-corrected chi connectivity index (χ1v) is 12.0. The molecule has 0 aliphatic carbocycles. The monoisotopic (exact) mass is 411 g/mol. The molecule has 0 radical (unpaired) electrons. The summed E-state index contributed by atoms with van der Waals surface area (Å²) >= 11 is 0. The van der Waals surface area contributed by atoms with Gasteiger partial charge >= 0.3 is 10.1 Å². The van der Waals surface area contributed by atoms with Gasteiger partial charge < -0.3 is 13.8 Å². The first-order chi connectivity index (χ1) is 13.3. The molecular weight excluding hydrogens is 378 g/mol. The highest BCUT2D eigenvalue weighted by atomic mass is 32.2. The van der Waals surface area contributed by atoms with Gasteiger partial charge in [0.05, 0.1) is 12.4 Å². The third kappa shape index (κ3) is 7.43. The van der Waals surface area contributed by atoms with E-state index in [-0.39, 0.29) is 23.7 Å². The van der Waals surface area contributed by atoms with E-state index in [1.807, 2.05) is 17.0 Å². The van der Waals surface area contributed by atoms with Crippen LogP contribution in [0.3, 0.4) is 0 Å². The van der Waals surface area contributed by atoms with Crippen molar-refractivity contribution in [2.75, 3.05) is 19.4 Å². The van der Waals surface area contributed by atoms with Gasteiger partial charge in [-0.2, -0.15) is 8.42 Å². The van der Waals surface area contributed by atoms with Gasteiger partial charge in [0, 0.05) is 25.6 Å². The van der Waals surface area contributed by atoms with Gasteiger partial charge in [0.2, 0.25) is 5.91 Å². The van der Waals surface area contributed by atoms with E-state index in [0.717, 1.165) is 57.0 Å². The number of nitrogens with zero attached hydrogens (tertiary/aromatic N) is 1. The summed E-state index contributed by atoms with van der Waals surface area (Å²) in [4.78, 5) is 15.1. The van der Waals surface area contributed by atoms with Crippen LogP contribution < -0.4 is 4.18 Å². The van der Waals surface area contributed by atoms with Crippen LogP contribution in [0.25, 0.3) is 0 Å². The molecule has 1 saturated heterocycles. The van der Waals surface area contributed by atoms with Crippen molar-refractivity contribution in [1.29, 1.82) is 0 Å². The van der Waals surface area contributed by atoms with Crippen LogP contribution in [0.4, 0.5) is 0 Å². The molecule has 1 aromatic rings. The standard InChI is InChI=1S/C21H33NO5S/c1-4-6-8-18(5-2)21(23)22(16-20-9-7-14-26-20)15-17-10-12-19(13-11-17)27-28(3,24)25/h10-13,18,20H,4-9,14-16H2,1-3H3/t18-,20+/m1/s1. The molecule has 0 unspecified atom stereocenters. The van der Waals surface area contributed by atoms with E-state index < -0.39 is 10.1 Å². The summed E-state index contributed by atoms with van der Waals surface area (Å²) in [6, 6.07) is 6.87. The van der Waals surface area contributed by atoms with E-state index in [9.17, 15) is 13.2 Å². The lowest BCUT2D eigenvalue weighted by Gasteiger charge is -2.29. The second-order valence-corrected chi connectivity index (χ2v) is 9.11. The number of benzene rings is 1. The van der Waals surface area contributed by atoms with Gasteiger partial charge in [-0.3, -0.25) is 4.79 Å². The van der Waals surface area contributed by atoms with Crippen molar-refractivity contribution in [3.05, 3.63) is 29.8 Å². The minimum absolute atomic E-state index is 0.0363. The van der Waals surface area contributed by atoms with Gasteiger partial charge in [-0.05, 0) is 43.4 Å². The largest absolute Gasteiger partial charge is 0.383 e. The van der Waals surface area contributed by atoms with Gasteiger partial charge in [0.1, 0.15) is 5.75 Å². The molecule has 6 nitrogen and oxygen atoms in total. The fraction of sp³-hybridized carbons (Fsp3) is 0.667. The zero-order valence-electron chi connectivity index (χ0n) is 17.2. The van der Waals surface area contributed by atoms with Crippen LogP contribution in [0.15, 0.2) is 24.3 Å². The van der Waals surface area contributed by atoms with Crippen LogP contribution in [-0.2, 0) is 26.2 Å². The fourth-order valence-electron chi connectivity index (χ4n) is 3.52. The van der Waals surface area contributed by atoms with Gasteiger partial charge in [0.15, 0.2) is 0 Å². The zero-order chi connectivity index (χ0) is 20.6. The predicted molar refractivity (Wildman–Crippen MR) is 110 cm³/mol. The van der Waals surface area contributed by atoms with Gasteiger partial charge in [-0.15, -0.1) is 0 Å². The molecule has 28 heavy (non-hydrogen) atoms. The molecule has 1 aliphatic heterocycles. The molecule has 1 heterocycles. The highest BCUT2D eigenvalue weighted by molar-refractivity contribution is 7.86. The van der Waals surface area contributed by atoms with Gasteiger partial charge in [-0.25, -0.2) is 0 Å². The van der Waals surface area contributed by atoms with Crippen LogP contribution in [-0.4, -0.2) is 44.7 Å². The summed E-state index contributed by atoms with van der Waals surface area (Å²) in [5.74, 6) is 0.495. The van der Waals surface area contributed by atoms with Crippen molar-refractivity contribution in [3.63, 3.8) is 0 Å². The molecular formula is C21H33NO5S. The van der Waals surface area contributed by atoms with Crippen LogP contribution in [0, 0.1) is 5.92 Å². The Morgan fingerprint density at radius 1 is 1.29 bits per heavy atom. The molecule has 1 amide bonds. The summed E-state index contributed by atoms with van der Waals surface area (Å²) in [6.07, 6.45) is 7.02. The normalized spacial score (nSPS) is 18.0. The van der Waals surface area contributed by atoms with E-state index >= 15 is 0 Å². The molecule has 0 saturated carbocycles. The van der Waals surface area contributed by atoms with Crippen LogP contribution in [0.1, 0.15) is 57.9 Å². The highest BCUT2D eigenvalue weighted by Gasteiger charge is 2.27. The molecule has 0 bridgehead atoms. The SMILES string of the molecule is CCCC[C@@H](CC)C(=O)N(Cc1ccc(OS(C)(=O)=O)cc1)C[C@@H]1CCCO1. The fourth-order valence-corrected chi connectivity index (χ4v) is 3.98. The maximum atomic E-state index is 13.2. The number of carbonyl (C=O) groups is 1. The van der Waals surface area contributed by atoms with Crippen LogP contribution in [0.2, 0.25) is 0 Å². The highest BCUT2D eigenvalue weighted by Crippen LogP contribution is 2.22. The topological polar surface area (TPSA) is 72.9 Å². The first-order valence-electron chi connectivity index (χ1n) is 10.2. The van der Waals surface area contributed by atoms with Crippen LogP contribution >= 0.6 is 0 Å². The quantitative estimate of drug-likeness (QED) is 0.519. The lowest BCUT2D eigenvalue weighted by atomic mass is 9.97. The van der Waals surface area contributed by atoms with Crippen molar-refractivity contribution in [2.45, 2.75) is 65.0 Å². The molecule has 0 aromatic heterocycles. The Labute approximate surface area is 169 Å². The Morgan fingerprint density at radius 2 is 2.00 bits per heavy atom. The number of carbonyl (C=O) groups excluding carboxylic acids is 1. The predicted octanol–water partition coefficient (Wildman–Crippen LogP) is 3.75. The molecule has 1 aromatic carbocycles. The maximum absolute atomic E-state index is 13.2. The molecule has 2 rings (SSSR count). The summed E-state index contributed by atoms with van der Waals surface area (Å²) in [5.41, 5.74) is 0.942. The van der Waals surface area contributed by atoms with Gasteiger partial charge in [0.25, 0.3) is 0 Å². The summed E-state index contributed by atoms with van der Waals surface area (Å²) in [5, 5.41) is 0. The molecule has 158 valence electrons. The molecule has 2 atom stereocenters. The number of unbranched alkanes of at least 4 members (excludes halogenated alkanes) is 1. The Kier molecular flexibility index (Phi) is 8.76. The number of rotatable bonds is 11. The number of hydrogen-bond donors (Lipinski definition) is 0. The van der Waals surface area contributed by atoms with Crippen molar-refractivity contribution in [1.82, 2.24) is 4.90 Å². The average molecular weight is 412 g/mol. The second-order valence-electron chi connectivity index (χ2n) is 7.53. The van der Waals surface area contributed by atoms with Crippen molar-refractivity contribution < 1.29 is 22.1 Å². The smallest absolute Gasteiger partial charge is 0.306 e. The van der Waals surface area contributed by atoms with E-state index in [2.05, 4.69) is 13.8 Å². The molecule has 7 heteroatoms. The van der Waals surface area contributed by atoms with E-state index in [4.69, 9.17) is 8.92 Å². The Hall–Kier alpha value is -1.60. The zero-order valence-corrected chi connectivity index (χ0v) is 18.0. The van der Waals surface area contributed by atoms with Crippen molar-refractivity contribution in [3.8, 4) is 5.75 Å². The molecule has 0 N–H and O–H groups in total. The number of ether oxygens (including phenoxy) is 1. The maximum Gasteiger partial charge on any atom is 0.306 e. The van der Waals surface area contributed by atoms with Crippen molar-refractivity contribution in [2.24, 2.45) is 5.92 Å². The minimum Gasteiger partial charge on any atom is -0.383 e.